The number of benzene rings is 1. The van der Waals surface area contributed by atoms with Gasteiger partial charge in [0, 0.05) is 6.04 Å². The van der Waals surface area contributed by atoms with Crippen LogP contribution < -0.4 is 5.32 Å². The molecule has 1 atom stereocenters. The van der Waals surface area contributed by atoms with Gasteiger partial charge in [-0.25, -0.2) is 9.97 Å². The quantitative estimate of drug-likeness (QED) is 0.935. The van der Waals surface area contributed by atoms with Crippen molar-refractivity contribution >= 4 is 28.5 Å². The van der Waals surface area contributed by atoms with E-state index in [2.05, 4.69) is 15.3 Å². The van der Waals surface area contributed by atoms with Gasteiger partial charge in [-0.15, -0.1) is 0 Å². The summed E-state index contributed by atoms with van der Waals surface area (Å²) in [7, 11) is 0. The second-order valence-electron chi connectivity index (χ2n) is 4.50. The molecule has 2 aromatic rings. The third kappa shape index (κ3) is 3.41. The van der Waals surface area contributed by atoms with Crippen molar-refractivity contribution in [2.24, 2.45) is 0 Å². The minimum absolute atomic E-state index is 0.0826. The van der Waals surface area contributed by atoms with Crippen LogP contribution in [0.5, 0.6) is 0 Å². The maximum atomic E-state index is 11.8. The Bertz CT molecular complexity index is 600. The van der Waals surface area contributed by atoms with Crippen LogP contribution in [0.15, 0.2) is 24.3 Å². The molecule has 1 unspecified atom stereocenters. The predicted molar refractivity (Wildman–Crippen MR) is 76.1 cm³/mol. The normalized spacial score (nSPS) is 12.4. The summed E-state index contributed by atoms with van der Waals surface area (Å²) < 4.78 is 0. The lowest BCUT2D eigenvalue weighted by molar-refractivity contribution is -0.121. The van der Waals surface area contributed by atoms with Gasteiger partial charge in [0.1, 0.15) is 0 Å². The Morgan fingerprint density at radius 3 is 2.58 bits per heavy atom. The second-order valence-corrected chi connectivity index (χ2v) is 4.86. The first kappa shape index (κ1) is 13.7. The van der Waals surface area contributed by atoms with Gasteiger partial charge in [0.25, 0.3) is 0 Å². The van der Waals surface area contributed by atoms with Gasteiger partial charge in [0.05, 0.1) is 23.1 Å². The molecule has 1 aromatic heterocycles. The Labute approximate surface area is 117 Å². The van der Waals surface area contributed by atoms with Gasteiger partial charge in [-0.2, -0.15) is 0 Å². The van der Waals surface area contributed by atoms with E-state index in [9.17, 15) is 4.79 Å². The summed E-state index contributed by atoms with van der Waals surface area (Å²) in [6, 6.07) is 7.61. The highest BCUT2D eigenvalue weighted by atomic mass is 35.5. The summed E-state index contributed by atoms with van der Waals surface area (Å²) in [5.41, 5.74) is 2.00. The van der Waals surface area contributed by atoms with Crippen molar-refractivity contribution in [2.75, 3.05) is 0 Å². The number of hydrogen-bond donors (Lipinski definition) is 1. The molecule has 100 valence electrons. The summed E-state index contributed by atoms with van der Waals surface area (Å²) in [5, 5.41) is 3.18. The van der Waals surface area contributed by atoms with Gasteiger partial charge in [-0.3, -0.25) is 4.79 Å². The zero-order valence-corrected chi connectivity index (χ0v) is 11.7. The fourth-order valence-corrected chi connectivity index (χ4v) is 1.91. The molecule has 5 heteroatoms. The van der Waals surface area contributed by atoms with Crippen LogP contribution in [0.3, 0.4) is 0 Å². The highest BCUT2D eigenvalue weighted by Gasteiger charge is 2.12. The van der Waals surface area contributed by atoms with Gasteiger partial charge >= 0.3 is 0 Å². The molecule has 0 saturated carbocycles. The number of para-hydroxylation sites is 2. The van der Waals surface area contributed by atoms with E-state index < -0.39 is 0 Å². The largest absolute Gasteiger partial charge is 0.353 e. The first-order chi connectivity index (χ1) is 9.10. The van der Waals surface area contributed by atoms with Crippen LogP contribution in [0, 0.1) is 0 Å². The van der Waals surface area contributed by atoms with E-state index in [0.29, 0.717) is 5.69 Å². The molecule has 0 aliphatic heterocycles. The number of hydrogen-bond acceptors (Lipinski definition) is 3. The maximum Gasteiger partial charge on any atom is 0.226 e. The average molecular weight is 278 g/mol. The summed E-state index contributed by atoms with van der Waals surface area (Å²) in [5.74, 6) is -0.0826. The molecule has 1 aromatic carbocycles. The smallest absolute Gasteiger partial charge is 0.226 e. The van der Waals surface area contributed by atoms with Crippen LogP contribution in [0.1, 0.15) is 26.0 Å². The van der Waals surface area contributed by atoms with Crippen molar-refractivity contribution in [1.82, 2.24) is 15.3 Å². The Balaban J connectivity index is 2.20. The van der Waals surface area contributed by atoms with Crippen LogP contribution >= 0.6 is 11.6 Å². The number of nitrogens with one attached hydrogen (secondary N) is 1. The molecular formula is C14H16ClN3O. The Kier molecular flexibility index (Phi) is 4.32. The SMILES string of the molecule is CCC(C)NC(=O)Cc1nc2ccccc2nc1Cl. The lowest BCUT2D eigenvalue weighted by Crippen LogP contribution is -2.33. The molecule has 4 nitrogen and oxygen atoms in total. The standard InChI is InChI=1S/C14H16ClN3O/c1-3-9(2)16-13(19)8-12-14(15)18-11-7-5-4-6-10(11)17-12/h4-7,9H,3,8H2,1-2H3,(H,16,19). The van der Waals surface area contributed by atoms with E-state index in [1.807, 2.05) is 38.1 Å². The molecule has 1 amide bonds. The fraction of sp³-hybridized carbons (Fsp3) is 0.357. The highest BCUT2D eigenvalue weighted by Crippen LogP contribution is 2.17. The zero-order valence-electron chi connectivity index (χ0n) is 11.0. The number of rotatable bonds is 4. The molecule has 1 N–H and O–H groups in total. The molecule has 0 fully saturated rings. The van der Waals surface area contributed by atoms with E-state index in [1.54, 1.807) is 0 Å². The third-order valence-corrected chi connectivity index (χ3v) is 3.24. The summed E-state index contributed by atoms with van der Waals surface area (Å²) >= 11 is 6.06. The molecule has 0 aliphatic rings. The van der Waals surface area contributed by atoms with Crippen LogP contribution in [-0.4, -0.2) is 21.9 Å². The van der Waals surface area contributed by atoms with Crippen molar-refractivity contribution in [3.63, 3.8) is 0 Å². The molecule has 0 bridgehead atoms. The maximum absolute atomic E-state index is 11.8. The number of aromatic nitrogens is 2. The Hall–Kier alpha value is -1.68. The summed E-state index contributed by atoms with van der Waals surface area (Å²) in [6.07, 6.45) is 1.05. The first-order valence-corrected chi connectivity index (χ1v) is 6.68. The number of nitrogens with zero attached hydrogens (tertiary/aromatic N) is 2. The van der Waals surface area contributed by atoms with Crippen molar-refractivity contribution in [1.29, 1.82) is 0 Å². The minimum Gasteiger partial charge on any atom is -0.353 e. The number of carbonyl (C=O) groups excluding carboxylic acids is 1. The van der Waals surface area contributed by atoms with Crippen molar-refractivity contribution in [3.8, 4) is 0 Å². The minimum atomic E-state index is -0.0826. The van der Waals surface area contributed by atoms with Crippen molar-refractivity contribution in [2.45, 2.75) is 32.7 Å². The Morgan fingerprint density at radius 1 is 1.32 bits per heavy atom. The molecular weight excluding hydrogens is 262 g/mol. The topological polar surface area (TPSA) is 54.9 Å². The average Bonchev–Trinajstić information content (AvgIpc) is 2.39. The van der Waals surface area contributed by atoms with E-state index in [1.165, 1.54) is 0 Å². The lowest BCUT2D eigenvalue weighted by Gasteiger charge is -2.11. The van der Waals surface area contributed by atoms with Crippen LogP contribution in [-0.2, 0) is 11.2 Å². The van der Waals surface area contributed by atoms with E-state index in [-0.39, 0.29) is 23.5 Å². The molecule has 0 radical (unpaired) electrons. The molecule has 0 spiro atoms. The van der Waals surface area contributed by atoms with Gasteiger partial charge in [-0.05, 0) is 25.5 Å². The van der Waals surface area contributed by atoms with Crippen LogP contribution in [0.2, 0.25) is 5.15 Å². The highest BCUT2D eigenvalue weighted by molar-refractivity contribution is 6.30. The van der Waals surface area contributed by atoms with E-state index in [0.717, 1.165) is 17.5 Å². The fourth-order valence-electron chi connectivity index (χ4n) is 1.71. The van der Waals surface area contributed by atoms with Crippen molar-refractivity contribution in [3.05, 3.63) is 35.1 Å². The predicted octanol–water partition coefficient (Wildman–Crippen LogP) is 2.74. The number of amides is 1. The Morgan fingerprint density at radius 2 is 1.95 bits per heavy atom. The lowest BCUT2D eigenvalue weighted by atomic mass is 10.2. The van der Waals surface area contributed by atoms with Crippen LogP contribution in [0.4, 0.5) is 0 Å². The van der Waals surface area contributed by atoms with Crippen molar-refractivity contribution < 1.29 is 4.79 Å². The van der Waals surface area contributed by atoms with Gasteiger partial charge in [0.15, 0.2) is 5.15 Å². The van der Waals surface area contributed by atoms with E-state index in [4.69, 9.17) is 11.6 Å². The number of halogens is 1. The number of carbonyl (C=O) groups is 1. The number of fused-ring (bicyclic) bond motifs is 1. The van der Waals surface area contributed by atoms with Crippen LogP contribution in [0.25, 0.3) is 11.0 Å². The summed E-state index contributed by atoms with van der Waals surface area (Å²) in [6.45, 7) is 3.99. The van der Waals surface area contributed by atoms with E-state index >= 15 is 0 Å². The first-order valence-electron chi connectivity index (χ1n) is 6.30. The van der Waals surface area contributed by atoms with Gasteiger partial charge in [0.2, 0.25) is 5.91 Å². The second kappa shape index (κ2) is 5.97. The molecule has 0 aliphatic carbocycles. The summed E-state index contributed by atoms with van der Waals surface area (Å²) in [4.78, 5) is 20.5. The zero-order chi connectivity index (χ0) is 13.8. The monoisotopic (exact) mass is 277 g/mol. The molecule has 1 heterocycles. The van der Waals surface area contributed by atoms with Gasteiger partial charge in [-0.1, -0.05) is 30.7 Å². The van der Waals surface area contributed by atoms with Gasteiger partial charge < -0.3 is 5.32 Å². The molecule has 19 heavy (non-hydrogen) atoms. The third-order valence-electron chi connectivity index (χ3n) is 2.94. The molecule has 2 rings (SSSR count). The molecule has 0 saturated heterocycles.